The van der Waals surface area contributed by atoms with Crippen molar-refractivity contribution in [2.24, 2.45) is 0 Å². The molecule has 0 aliphatic carbocycles. The van der Waals surface area contributed by atoms with Crippen molar-refractivity contribution in [2.75, 3.05) is 13.2 Å². The molecule has 0 bridgehead atoms. The van der Waals surface area contributed by atoms with Crippen LogP contribution in [0.15, 0.2) is 23.3 Å². The summed E-state index contributed by atoms with van der Waals surface area (Å²) in [6.45, 7) is 7.38. The van der Waals surface area contributed by atoms with Gasteiger partial charge in [0.15, 0.2) is 0 Å². The van der Waals surface area contributed by atoms with Gasteiger partial charge >= 0.3 is 0 Å². The number of ether oxygens (including phenoxy) is 1. The molecule has 146 valence electrons. The van der Waals surface area contributed by atoms with E-state index in [1.165, 1.54) is 0 Å². The Morgan fingerprint density at radius 2 is 1.96 bits per heavy atom. The summed E-state index contributed by atoms with van der Waals surface area (Å²) in [6.07, 6.45) is 7.14. The Morgan fingerprint density at radius 1 is 1.28 bits per heavy atom. The van der Waals surface area contributed by atoms with Gasteiger partial charge in [-0.25, -0.2) is 0 Å². The third kappa shape index (κ3) is 7.19. The first kappa shape index (κ1) is 22.3. The number of allylic oxidation sites excluding steroid dienone is 2. The van der Waals surface area contributed by atoms with Gasteiger partial charge in [0.1, 0.15) is 0 Å². The molecule has 25 heavy (non-hydrogen) atoms. The Bertz CT molecular complexity index is 463. The fourth-order valence-corrected chi connectivity index (χ4v) is 3.24. The molecular weight excluding hydrogens is 320 g/mol. The highest BCUT2D eigenvalue weighted by molar-refractivity contribution is 5.07. The van der Waals surface area contributed by atoms with E-state index in [1.54, 1.807) is 19.9 Å². The van der Waals surface area contributed by atoms with Crippen LogP contribution in [0.4, 0.5) is 0 Å². The van der Waals surface area contributed by atoms with E-state index in [9.17, 15) is 15.3 Å². The minimum Gasteiger partial charge on any atom is -0.392 e. The molecule has 1 heterocycles. The van der Waals surface area contributed by atoms with E-state index in [0.717, 1.165) is 30.4 Å². The molecule has 0 unspecified atom stereocenters. The van der Waals surface area contributed by atoms with Crippen molar-refractivity contribution in [2.45, 2.75) is 89.6 Å². The maximum absolute atomic E-state index is 10.6. The van der Waals surface area contributed by atoms with Crippen molar-refractivity contribution >= 4 is 0 Å². The molecule has 1 fully saturated rings. The van der Waals surface area contributed by atoms with E-state index in [2.05, 4.69) is 0 Å². The molecule has 1 saturated heterocycles. The summed E-state index contributed by atoms with van der Waals surface area (Å²) in [7, 11) is 0. The van der Waals surface area contributed by atoms with Crippen molar-refractivity contribution in [3.8, 4) is 0 Å². The molecule has 3 atom stereocenters. The van der Waals surface area contributed by atoms with Crippen LogP contribution in [0.1, 0.15) is 66.2 Å². The Morgan fingerprint density at radius 3 is 2.48 bits per heavy atom. The average molecular weight is 357 g/mol. The summed E-state index contributed by atoms with van der Waals surface area (Å²) < 4.78 is 5.97. The third-order valence-corrected chi connectivity index (χ3v) is 5.16. The first-order valence-electron chi connectivity index (χ1n) is 9.26. The lowest BCUT2D eigenvalue weighted by Gasteiger charge is -2.33. The van der Waals surface area contributed by atoms with Gasteiger partial charge in [0.05, 0.1) is 36.6 Å². The smallest absolute Gasteiger partial charge is 0.0918 e. The van der Waals surface area contributed by atoms with Gasteiger partial charge in [-0.15, -0.1) is 0 Å². The number of hydrogen-bond donors (Lipinski definition) is 4. The molecule has 1 aliphatic heterocycles. The van der Waals surface area contributed by atoms with Crippen LogP contribution < -0.4 is 0 Å². The van der Waals surface area contributed by atoms with Crippen molar-refractivity contribution in [1.29, 1.82) is 0 Å². The summed E-state index contributed by atoms with van der Waals surface area (Å²) in [5.41, 5.74) is 0.483. The molecule has 0 amide bonds. The SMILES string of the molecule is C/C(=C\CO)CC/C=C(\CO)CC[C@H](O)[C@@]1(C)CC[C@@H](C(C)(C)O)O1. The van der Waals surface area contributed by atoms with Crippen LogP contribution in [0.3, 0.4) is 0 Å². The molecule has 0 aromatic heterocycles. The third-order valence-electron chi connectivity index (χ3n) is 5.16. The largest absolute Gasteiger partial charge is 0.392 e. The summed E-state index contributed by atoms with van der Waals surface area (Å²) >= 11 is 0. The molecule has 0 aromatic carbocycles. The van der Waals surface area contributed by atoms with Crippen LogP contribution in [0, 0.1) is 0 Å². The van der Waals surface area contributed by atoms with E-state index in [1.807, 2.05) is 19.9 Å². The van der Waals surface area contributed by atoms with Crippen LogP contribution in [0.2, 0.25) is 0 Å². The monoisotopic (exact) mass is 356 g/mol. The van der Waals surface area contributed by atoms with E-state index < -0.39 is 17.3 Å². The second-order valence-electron chi connectivity index (χ2n) is 7.96. The lowest BCUT2D eigenvalue weighted by molar-refractivity contribution is -0.153. The van der Waals surface area contributed by atoms with Gasteiger partial charge in [0, 0.05) is 0 Å². The van der Waals surface area contributed by atoms with Gasteiger partial charge < -0.3 is 25.2 Å². The molecule has 0 saturated carbocycles. The zero-order chi connectivity index (χ0) is 19.1. The highest BCUT2D eigenvalue weighted by Crippen LogP contribution is 2.38. The second kappa shape index (κ2) is 9.83. The number of aliphatic hydroxyl groups excluding tert-OH is 3. The number of aliphatic hydroxyl groups is 4. The molecular formula is C20H36O5. The molecule has 1 rings (SSSR count). The van der Waals surface area contributed by atoms with E-state index >= 15 is 0 Å². The number of rotatable bonds is 10. The van der Waals surface area contributed by atoms with Gasteiger partial charge in [-0.05, 0) is 71.8 Å². The predicted octanol–water partition coefficient (Wildman–Crippen LogP) is 2.47. The lowest BCUT2D eigenvalue weighted by atomic mass is 9.90. The Balaban J connectivity index is 2.50. The van der Waals surface area contributed by atoms with Gasteiger partial charge in [-0.2, -0.15) is 0 Å². The van der Waals surface area contributed by atoms with Crippen LogP contribution in [-0.2, 0) is 4.74 Å². The molecule has 5 heteroatoms. The second-order valence-corrected chi connectivity index (χ2v) is 7.96. The first-order valence-corrected chi connectivity index (χ1v) is 9.26. The Hall–Kier alpha value is -0.720. The quantitative estimate of drug-likeness (QED) is 0.452. The van der Waals surface area contributed by atoms with Gasteiger partial charge in [-0.3, -0.25) is 0 Å². The van der Waals surface area contributed by atoms with Gasteiger partial charge in [0.25, 0.3) is 0 Å². The lowest BCUT2D eigenvalue weighted by Crippen LogP contribution is -2.43. The zero-order valence-corrected chi connectivity index (χ0v) is 16.2. The highest BCUT2D eigenvalue weighted by Gasteiger charge is 2.46. The van der Waals surface area contributed by atoms with Gasteiger partial charge in [-0.1, -0.05) is 17.7 Å². The summed E-state index contributed by atoms with van der Waals surface area (Å²) in [5.74, 6) is 0. The van der Waals surface area contributed by atoms with Crippen LogP contribution in [-0.4, -0.2) is 57.0 Å². The van der Waals surface area contributed by atoms with Crippen LogP contribution in [0.25, 0.3) is 0 Å². The normalized spacial score (nSPS) is 27.0. The minimum atomic E-state index is -0.909. The van der Waals surface area contributed by atoms with E-state index in [-0.39, 0.29) is 19.3 Å². The van der Waals surface area contributed by atoms with Crippen molar-refractivity contribution < 1.29 is 25.2 Å². The number of hydrogen-bond acceptors (Lipinski definition) is 5. The first-order chi connectivity index (χ1) is 11.6. The maximum atomic E-state index is 10.6. The molecule has 0 aromatic rings. The Labute approximate surface area is 152 Å². The summed E-state index contributed by atoms with van der Waals surface area (Å²) in [6, 6.07) is 0. The van der Waals surface area contributed by atoms with Crippen LogP contribution >= 0.6 is 0 Å². The fraction of sp³-hybridized carbons (Fsp3) is 0.800. The van der Waals surface area contributed by atoms with E-state index in [4.69, 9.17) is 9.84 Å². The predicted molar refractivity (Wildman–Crippen MR) is 99.3 cm³/mol. The summed E-state index contributed by atoms with van der Waals surface area (Å²) in [4.78, 5) is 0. The molecule has 4 N–H and O–H groups in total. The molecule has 0 spiro atoms. The Kier molecular flexibility index (Phi) is 8.78. The molecule has 0 radical (unpaired) electrons. The van der Waals surface area contributed by atoms with Crippen molar-refractivity contribution in [1.82, 2.24) is 0 Å². The maximum Gasteiger partial charge on any atom is 0.0918 e. The topological polar surface area (TPSA) is 90.2 Å². The average Bonchev–Trinajstić information content (AvgIpc) is 2.94. The standard InChI is InChI=1S/C20H36O5/c1-15(11-13-21)6-5-7-16(14-22)8-9-17(23)20(4)12-10-18(25-20)19(2,3)24/h7,11,17-18,21-24H,5-6,8-10,12-14H2,1-4H3/b15-11+,16-7-/t17-,18-,20+/m0/s1. The van der Waals surface area contributed by atoms with Crippen molar-refractivity contribution in [3.63, 3.8) is 0 Å². The highest BCUT2D eigenvalue weighted by atomic mass is 16.5. The van der Waals surface area contributed by atoms with E-state index in [0.29, 0.717) is 19.3 Å². The molecule has 5 nitrogen and oxygen atoms in total. The molecule has 1 aliphatic rings. The van der Waals surface area contributed by atoms with Crippen LogP contribution in [0.5, 0.6) is 0 Å². The zero-order valence-electron chi connectivity index (χ0n) is 16.2. The van der Waals surface area contributed by atoms with Crippen molar-refractivity contribution in [3.05, 3.63) is 23.3 Å². The van der Waals surface area contributed by atoms with Gasteiger partial charge in [0.2, 0.25) is 0 Å². The minimum absolute atomic E-state index is 0.0145. The fourth-order valence-electron chi connectivity index (χ4n) is 3.24. The summed E-state index contributed by atoms with van der Waals surface area (Å²) in [5, 5.41) is 39.0.